The van der Waals surface area contributed by atoms with Crippen molar-refractivity contribution in [3.8, 4) is 17.2 Å². The number of ether oxygens (including phenoxy) is 3. The van der Waals surface area contributed by atoms with E-state index in [1.165, 1.54) is 18.3 Å². The first kappa shape index (κ1) is 21.6. The minimum atomic E-state index is -0.983. The summed E-state index contributed by atoms with van der Waals surface area (Å²) in [4.78, 5) is 27.9. The Balaban J connectivity index is 1.71. The van der Waals surface area contributed by atoms with Crippen molar-refractivity contribution in [2.75, 3.05) is 25.2 Å². The molecule has 1 unspecified atom stereocenters. The molecule has 0 aliphatic carbocycles. The molecule has 1 saturated heterocycles. The van der Waals surface area contributed by atoms with Crippen LogP contribution in [0.4, 0.5) is 5.69 Å². The minimum absolute atomic E-state index is 0.0851. The number of aliphatic hydroxyl groups excluding tert-OH is 1. The number of amides is 1. The number of anilines is 1. The predicted octanol–water partition coefficient (Wildman–Crippen LogP) is 4.30. The zero-order chi connectivity index (χ0) is 24.0. The molecule has 8 nitrogen and oxygen atoms in total. The summed E-state index contributed by atoms with van der Waals surface area (Å²) >= 11 is 0. The van der Waals surface area contributed by atoms with Gasteiger partial charge >= 0.3 is 0 Å². The van der Waals surface area contributed by atoms with E-state index in [4.69, 9.17) is 18.6 Å². The number of fused-ring (bicyclic) bond motifs is 1. The van der Waals surface area contributed by atoms with Gasteiger partial charge in [0.25, 0.3) is 11.7 Å². The highest BCUT2D eigenvalue weighted by Crippen LogP contribution is 2.45. The van der Waals surface area contributed by atoms with Crippen molar-refractivity contribution >= 4 is 23.1 Å². The number of furan rings is 1. The number of aryl methyl sites for hydroxylation is 2. The number of benzene rings is 2. The van der Waals surface area contributed by atoms with Gasteiger partial charge in [-0.05, 0) is 55.3 Å². The molecule has 1 N–H and O–H groups in total. The Labute approximate surface area is 196 Å². The third-order valence-electron chi connectivity index (χ3n) is 5.94. The van der Waals surface area contributed by atoms with Gasteiger partial charge in [-0.2, -0.15) is 0 Å². The quantitative estimate of drug-likeness (QED) is 0.351. The summed E-state index contributed by atoms with van der Waals surface area (Å²) in [5.74, 6) is -0.159. The molecule has 1 atom stereocenters. The highest BCUT2D eigenvalue weighted by atomic mass is 16.6. The predicted molar refractivity (Wildman–Crippen MR) is 123 cm³/mol. The zero-order valence-electron chi connectivity index (χ0n) is 19.0. The third kappa shape index (κ3) is 3.39. The van der Waals surface area contributed by atoms with Crippen LogP contribution in [-0.4, -0.2) is 37.1 Å². The smallest absolute Gasteiger partial charge is 0.300 e. The van der Waals surface area contributed by atoms with Crippen LogP contribution in [0.5, 0.6) is 17.2 Å². The molecule has 3 aromatic rings. The minimum Gasteiger partial charge on any atom is -0.507 e. The lowest BCUT2D eigenvalue weighted by Crippen LogP contribution is -2.29. The topological polar surface area (TPSA) is 98.4 Å². The summed E-state index contributed by atoms with van der Waals surface area (Å²) in [5.41, 5.74) is 2.32. The van der Waals surface area contributed by atoms with Crippen molar-refractivity contribution in [1.82, 2.24) is 0 Å². The van der Waals surface area contributed by atoms with E-state index in [-0.39, 0.29) is 11.3 Å². The first-order chi connectivity index (χ1) is 16.4. The molecule has 1 amide bonds. The number of nitrogens with zero attached hydrogens (tertiary/aromatic N) is 1. The second-order valence-corrected chi connectivity index (χ2v) is 8.18. The van der Waals surface area contributed by atoms with Crippen molar-refractivity contribution in [2.24, 2.45) is 0 Å². The number of methoxy groups -OCH3 is 1. The lowest BCUT2D eigenvalue weighted by atomic mass is 9.96. The molecule has 0 spiro atoms. The number of aliphatic hydroxyl groups is 1. The number of rotatable bonds is 4. The molecule has 3 heterocycles. The molecule has 5 rings (SSSR count). The van der Waals surface area contributed by atoms with Gasteiger partial charge in [0.1, 0.15) is 36.5 Å². The Morgan fingerprint density at radius 3 is 2.53 bits per heavy atom. The van der Waals surface area contributed by atoms with E-state index in [1.807, 2.05) is 19.9 Å². The van der Waals surface area contributed by atoms with Crippen LogP contribution in [0, 0.1) is 13.8 Å². The monoisotopic (exact) mass is 461 g/mol. The Morgan fingerprint density at radius 1 is 1.06 bits per heavy atom. The van der Waals surface area contributed by atoms with Crippen LogP contribution in [0.3, 0.4) is 0 Å². The maximum absolute atomic E-state index is 13.3. The van der Waals surface area contributed by atoms with E-state index >= 15 is 0 Å². The lowest BCUT2D eigenvalue weighted by molar-refractivity contribution is -0.132. The summed E-state index contributed by atoms with van der Waals surface area (Å²) in [6, 6.07) is 11.0. The summed E-state index contributed by atoms with van der Waals surface area (Å²) in [6.45, 7) is 4.53. The molecule has 0 saturated carbocycles. The standard InChI is InChI=1S/C26H23NO7/c1-14-11-15(2)25(31-3)17(12-14)23(28)21-22(19-5-4-8-32-19)27(26(30)24(21)29)16-6-7-18-20(13-16)34-10-9-33-18/h4-8,11-13,22,28H,9-10H2,1-3H3/b23-21-. The van der Waals surface area contributed by atoms with Crippen molar-refractivity contribution in [2.45, 2.75) is 19.9 Å². The van der Waals surface area contributed by atoms with Gasteiger partial charge < -0.3 is 23.7 Å². The Bertz CT molecular complexity index is 1320. The maximum atomic E-state index is 13.3. The van der Waals surface area contributed by atoms with Crippen LogP contribution >= 0.6 is 0 Å². The van der Waals surface area contributed by atoms with Crippen molar-refractivity contribution < 1.29 is 33.3 Å². The Hall–Kier alpha value is -4.20. The fourth-order valence-corrected chi connectivity index (χ4v) is 4.54. The largest absolute Gasteiger partial charge is 0.507 e. The van der Waals surface area contributed by atoms with Crippen molar-refractivity contribution in [3.05, 3.63) is 76.8 Å². The first-order valence-corrected chi connectivity index (χ1v) is 10.8. The Morgan fingerprint density at radius 2 is 1.82 bits per heavy atom. The van der Waals surface area contributed by atoms with Gasteiger partial charge in [-0.1, -0.05) is 6.07 Å². The van der Waals surface area contributed by atoms with Crippen LogP contribution in [-0.2, 0) is 9.59 Å². The molecule has 2 aliphatic heterocycles. The van der Waals surface area contributed by atoms with E-state index < -0.39 is 17.7 Å². The van der Waals surface area contributed by atoms with Crippen molar-refractivity contribution in [1.29, 1.82) is 0 Å². The SMILES string of the molecule is COc1c(C)cc(C)cc1/C(O)=C1/C(=O)C(=O)N(c2ccc3c(c2)OCCO3)C1c1ccco1. The summed E-state index contributed by atoms with van der Waals surface area (Å²) in [6.07, 6.45) is 1.46. The molecule has 1 aromatic heterocycles. The highest BCUT2D eigenvalue weighted by Gasteiger charge is 2.48. The van der Waals surface area contributed by atoms with Gasteiger partial charge in [0.15, 0.2) is 11.5 Å². The second kappa shape index (κ2) is 8.30. The third-order valence-corrected chi connectivity index (χ3v) is 5.94. The molecule has 174 valence electrons. The van der Waals surface area contributed by atoms with Gasteiger partial charge in [-0.15, -0.1) is 0 Å². The molecular formula is C26H23NO7. The summed E-state index contributed by atoms with van der Waals surface area (Å²) in [7, 11) is 1.49. The van der Waals surface area contributed by atoms with Gasteiger partial charge in [-0.25, -0.2) is 0 Å². The number of ketones is 1. The molecular weight excluding hydrogens is 438 g/mol. The molecule has 34 heavy (non-hydrogen) atoms. The average molecular weight is 461 g/mol. The van der Waals surface area contributed by atoms with Crippen LogP contribution in [0.25, 0.3) is 5.76 Å². The van der Waals surface area contributed by atoms with Gasteiger partial charge in [-0.3, -0.25) is 14.5 Å². The molecule has 8 heteroatoms. The van der Waals surface area contributed by atoms with Crippen molar-refractivity contribution in [3.63, 3.8) is 0 Å². The average Bonchev–Trinajstić information content (AvgIpc) is 3.45. The summed E-state index contributed by atoms with van der Waals surface area (Å²) < 4.78 is 22.4. The number of carbonyl (C=O) groups excluding carboxylic acids is 2. The van der Waals surface area contributed by atoms with E-state index in [1.54, 1.807) is 36.4 Å². The molecule has 0 bridgehead atoms. The lowest BCUT2D eigenvalue weighted by Gasteiger charge is -2.25. The van der Waals surface area contributed by atoms with Gasteiger partial charge in [0.05, 0.1) is 24.5 Å². The molecule has 0 radical (unpaired) electrons. The normalized spacial score (nSPS) is 18.9. The maximum Gasteiger partial charge on any atom is 0.300 e. The van der Waals surface area contributed by atoms with E-state index in [0.717, 1.165) is 11.1 Å². The van der Waals surface area contributed by atoms with Crippen LogP contribution < -0.4 is 19.1 Å². The molecule has 2 aliphatic rings. The highest BCUT2D eigenvalue weighted by molar-refractivity contribution is 6.51. The zero-order valence-corrected chi connectivity index (χ0v) is 19.0. The number of hydrogen-bond donors (Lipinski definition) is 1. The van der Waals surface area contributed by atoms with E-state index in [2.05, 4.69) is 0 Å². The fourth-order valence-electron chi connectivity index (χ4n) is 4.54. The Kier molecular flexibility index (Phi) is 5.28. The summed E-state index contributed by atoms with van der Waals surface area (Å²) in [5, 5.41) is 11.4. The van der Waals surface area contributed by atoms with Gasteiger partial charge in [0, 0.05) is 11.8 Å². The van der Waals surface area contributed by atoms with E-state index in [9.17, 15) is 14.7 Å². The first-order valence-electron chi connectivity index (χ1n) is 10.8. The van der Waals surface area contributed by atoms with E-state index in [0.29, 0.717) is 47.5 Å². The molecule has 2 aromatic carbocycles. The number of carbonyl (C=O) groups is 2. The molecule has 1 fully saturated rings. The number of hydrogen-bond acceptors (Lipinski definition) is 7. The van der Waals surface area contributed by atoms with Crippen LogP contribution in [0.2, 0.25) is 0 Å². The number of Topliss-reactive ketones (excluding diaryl/α,β-unsaturated/α-hetero) is 1. The second-order valence-electron chi connectivity index (χ2n) is 8.18. The van der Waals surface area contributed by atoms with Crippen LogP contribution in [0.1, 0.15) is 28.5 Å². The van der Waals surface area contributed by atoms with Crippen LogP contribution in [0.15, 0.2) is 58.7 Å². The van der Waals surface area contributed by atoms with Gasteiger partial charge in [0.2, 0.25) is 0 Å². The fraction of sp³-hybridized carbons (Fsp3) is 0.231.